The van der Waals surface area contributed by atoms with Crippen molar-refractivity contribution in [3.8, 4) is 6.01 Å². The van der Waals surface area contributed by atoms with Gasteiger partial charge in [0.15, 0.2) is 11.8 Å². The van der Waals surface area contributed by atoms with Crippen molar-refractivity contribution >= 4 is 22.8 Å². The summed E-state index contributed by atoms with van der Waals surface area (Å²) in [7, 11) is 0. The summed E-state index contributed by atoms with van der Waals surface area (Å²) in [4.78, 5) is 11.3. The van der Waals surface area contributed by atoms with E-state index >= 15 is 0 Å². The maximum absolute atomic E-state index is 9.67. The Hall–Kier alpha value is -1.41. The first kappa shape index (κ1) is 12.3. The molecular formula is C12H12ClN3O4. The van der Waals surface area contributed by atoms with Crippen LogP contribution < -0.4 is 4.74 Å². The summed E-state index contributed by atoms with van der Waals surface area (Å²) in [5.74, 6) is 0. The molecule has 0 aromatic carbocycles. The second-order valence-corrected chi connectivity index (χ2v) is 5.32. The van der Waals surface area contributed by atoms with Gasteiger partial charge in [0.2, 0.25) is 0 Å². The third-order valence-corrected chi connectivity index (χ3v) is 3.73. The summed E-state index contributed by atoms with van der Waals surface area (Å²) in [6.07, 6.45) is 0.0456. The first-order chi connectivity index (χ1) is 9.70. The Morgan fingerprint density at radius 2 is 2.20 bits per heavy atom. The maximum Gasteiger partial charge on any atom is 0.296 e. The highest BCUT2D eigenvalue weighted by atomic mass is 35.5. The highest BCUT2D eigenvalue weighted by Gasteiger charge is 2.48. The van der Waals surface area contributed by atoms with Crippen LogP contribution in [0.25, 0.3) is 11.2 Å². The molecule has 0 unspecified atom stereocenters. The van der Waals surface area contributed by atoms with Gasteiger partial charge < -0.3 is 24.3 Å². The number of aliphatic hydroxyl groups is 1. The minimum atomic E-state index is -0.593. The number of rotatable bonds is 2. The van der Waals surface area contributed by atoms with Crippen molar-refractivity contribution in [2.24, 2.45) is 0 Å². The van der Waals surface area contributed by atoms with Gasteiger partial charge in [-0.25, -0.2) is 4.98 Å². The molecule has 106 valence electrons. The van der Waals surface area contributed by atoms with Crippen LogP contribution in [0.5, 0.6) is 6.01 Å². The molecular weight excluding hydrogens is 286 g/mol. The van der Waals surface area contributed by atoms with E-state index in [9.17, 15) is 5.11 Å². The molecule has 4 heterocycles. The number of H-pyrrole nitrogens is 1. The summed E-state index contributed by atoms with van der Waals surface area (Å²) in [6.45, 7) is 0.629. The average Bonchev–Trinajstić information content (AvgIpc) is 3.08. The zero-order chi connectivity index (χ0) is 13.7. The number of pyridine rings is 1. The molecule has 7 nitrogen and oxygen atoms in total. The molecule has 0 spiro atoms. The largest absolute Gasteiger partial charge is 0.456 e. The SMILES string of the molecule is O[C@H]1CO[C@@H]2[C@H]1OC[C@@H]2Oc1nc2ncc(Cl)cc2[nH]1. The standard InChI is InChI=1S/C12H12ClN3O4/c13-5-1-6-11(14-2-5)16-12(15-6)20-8-4-19-9-7(17)3-18-10(8)9/h1-2,7-10,17H,3-4H2,(H,14,15,16)/t7-,8-,9-,10-/m0/s1. The van der Waals surface area contributed by atoms with E-state index in [4.69, 9.17) is 25.8 Å². The van der Waals surface area contributed by atoms with Crippen LogP contribution in [0.4, 0.5) is 0 Å². The van der Waals surface area contributed by atoms with Crippen LogP contribution in [0.2, 0.25) is 5.02 Å². The van der Waals surface area contributed by atoms with Crippen molar-refractivity contribution in [2.75, 3.05) is 13.2 Å². The van der Waals surface area contributed by atoms with Crippen molar-refractivity contribution in [3.05, 3.63) is 17.3 Å². The molecule has 2 aliphatic heterocycles. The van der Waals surface area contributed by atoms with E-state index in [1.807, 2.05) is 0 Å². The summed E-state index contributed by atoms with van der Waals surface area (Å²) in [5, 5.41) is 10.2. The molecule has 2 aromatic heterocycles. The number of aromatic nitrogens is 3. The molecule has 2 fully saturated rings. The van der Waals surface area contributed by atoms with Crippen molar-refractivity contribution in [2.45, 2.75) is 24.4 Å². The van der Waals surface area contributed by atoms with Crippen molar-refractivity contribution in [1.82, 2.24) is 15.0 Å². The van der Waals surface area contributed by atoms with Gasteiger partial charge in [0.1, 0.15) is 18.3 Å². The van der Waals surface area contributed by atoms with E-state index < -0.39 is 6.10 Å². The fourth-order valence-corrected chi connectivity index (χ4v) is 2.75. The number of hydrogen-bond acceptors (Lipinski definition) is 6. The number of aliphatic hydroxyl groups excluding tert-OH is 1. The Morgan fingerprint density at radius 1 is 1.35 bits per heavy atom. The highest BCUT2D eigenvalue weighted by molar-refractivity contribution is 6.31. The second kappa shape index (κ2) is 4.56. The molecule has 2 N–H and O–H groups in total. The van der Waals surface area contributed by atoms with Gasteiger partial charge in [-0.05, 0) is 6.07 Å². The van der Waals surface area contributed by atoms with Crippen LogP contribution in [0.15, 0.2) is 12.3 Å². The zero-order valence-electron chi connectivity index (χ0n) is 10.3. The van der Waals surface area contributed by atoms with Crippen molar-refractivity contribution < 1.29 is 19.3 Å². The van der Waals surface area contributed by atoms with Crippen LogP contribution in [0.1, 0.15) is 0 Å². The molecule has 8 heteroatoms. The van der Waals surface area contributed by atoms with Gasteiger partial charge in [-0.15, -0.1) is 0 Å². The summed E-state index contributed by atoms with van der Waals surface area (Å²) in [6, 6.07) is 2.07. The Kier molecular flexibility index (Phi) is 2.81. The van der Waals surface area contributed by atoms with E-state index in [2.05, 4.69) is 15.0 Å². The fourth-order valence-electron chi connectivity index (χ4n) is 2.60. The molecule has 4 rings (SSSR count). The van der Waals surface area contributed by atoms with Crippen LogP contribution in [0.3, 0.4) is 0 Å². The van der Waals surface area contributed by atoms with Crippen LogP contribution in [-0.4, -0.2) is 57.7 Å². The zero-order valence-corrected chi connectivity index (χ0v) is 11.1. The molecule has 2 aliphatic rings. The topological polar surface area (TPSA) is 89.5 Å². The molecule has 2 aromatic rings. The fraction of sp³-hybridized carbons (Fsp3) is 0.500. The monoisotopic (exact) mass is 297 g/mol. The lowest BCUT2D eigenvalue weighted by atomic mass is 10.1. The molecule has 0 amide bonds. The molecule has 0 radical (unpaired) electrons. The van der Waals surface area contributed by atoms with Gasteiger partial charge in [-0.1, -0.05) is 11.6 Å². The number of aromatic amines is 1. The summed E-state index contributed by atoms with van der Waals surface area (Å²) in [5.41, 5.74) is 1.24. The van der Waals surface area contributed by atoms with Crippen LogP contribution in [0, 0.1) is 0 Å². The smallest absolute Gasteiger partial charge is 0.296 e. The quantitative estimate of drug-likeness (QED) is 0.840. The maximum atomic E-state index is 9.67. The number of imidazole rings is 1. The van der Waals surface area contributed by atoms with Gasteiger partial charge in [0.05, 0.1) is 23.8 Å². The summed E-state index contributed by atoms with van der Waals surface area (Å²) >= 11 is 5.87. The van der Waals surface area contributed by atoms with Crippen LogP contribution in [-0.2, 0) is 9.47 Å². The van der Waals surface area contributed by atoms with E-state index in [0.29, 0.717) is 28.8 Å². The Bertz CT molecular complexity index is 649. The van der Waals surface area contributed by atoms with Gasteiger partial charge in [0.25, 0.3) is 6.01 Å². The number of nitrogens with zero attached hydrogens (tertiary/aromatic N) is 2. The Morgan fingerprint density at radius 3 is 3.10 bits per heavy atom. The summed E-state index contributed by atoms with van der Waals surface area (Å²) < 4.78 is 16.7. The third-order valence-electron chi connectivity index (χ3n) is 3.53. The highest BCUT2D eigenvalue weighted by Crippen LogP contribution is 2.29. The van der Waals surface area contributed by atoms with Gasteiger partial charge in [-0.3, -0.25) is 0 Å². The normalized spacial score (nSPS) is 32.7. The molecule has 0 bridgehead atoms. The predicted octanol–water partition coefficient (Wildman–Crippen LogP) is 0.517. The third kappa shape index (κ3) is 1.94. The molecule has 0 aliphatic carbocycles. The van der Waals surface area contributed by atoms with Crippen molar-refractivity contribution in [1.29, 1.82) is 0 Å². The van der Waals surface area contributed by atoms with Gasteiger partial charge in [-0.2, -0.15) is 4.98 Å². The number of ether oxygens (including phenoxy) is 3. The van der Waals surface area contributed by atoms with Gasteiger partial charge in [0, 0.05) is 6.20 Å². The van der Waals surface area contributed by atoms with E-state index in [0.717, 1.165) is 0 Å². The van der Waals surface area contributed by atoms with E-state index in [-0.39, 0.29) is 24.9 Å². The molecule has 20 heavy (non-hydrogen) atoms. The lowest BCUT2D eigenvalue weighted by molar-refractivity contribution is 0.00706. The van der Waals surface area contributed by atoms with E-state index in [1.165, 1.54) is 6.20 Å². The average molecular weight is 298 g/mol. The number of fused-ring (bicyclic) bond motifs is 2. The lowest BCUT2D eigenvalue weighted by Crippen LogP contribution is -2.34. The minimum absolute atomic E-state index is 0.269. The first-order valence-electron chi connectivity index (χ1n) is 6.30. The van der Waals surface area contributed by atoms with Crippen molar-refractivity contribution in [3.63, 3.8) is 0 Å². The van der Waals surface area contributed by atoms with E-state index in [1.54, 1.807) is 6.07 Å². The lowest BCUT2D eigenvalue weighted by Gasteiger charge is -2.15. The first-order valence-corrected chi connectivity index (χ1v) is 6.68. The molecule has 4 atom stereocenters. The Labute approximate surface area is 118 Å². The second-order valence-electron chi connectivity index (χ2n) is 4.89. The Balaban J connectivity index is 1.56. The van der Waals surface area contributed by atoms with Crippen LogP contribution >= 0.6 is 11.6 Å². The number of nitrogens with one attached hydrogen (secondary N) is 1. The number of halogens is 1. The minimum Gasteiger partial charge on any atom is -0.456 e. The predicted molar refractivity (Wildman–Crippen MR) is 68.8 cm³/mol. The molecule has 0 saturated carbocycles. The van der Waals surface area contributed by atoms with Gasteiger partial charge >= 0.3 is 0 Å². The molecule has 2 saturated heterocycles. The number of hydrogen-bond donors (Lipinski definition) is 2.